The lowest BCUT2D eigenvalue weighted by molar-refractivity contribution is 0.648. The van der Waals surface area contributed by atoms with Gasteiger partial charge in [-0.25, -0.2) is 0 Å². The Balaban J connectivity index is 2.25. The summed E-state index contributed by atoms with van der Waals surface area (Å²) in [6, 6.07) is 10.7. The number of unbranched alkanes of at least 4 members (excludes halogenated alkanes) is 1. The quantitative estimate of drug-likeness (QED) is 0.449. The van der Waals surface area contributed by atoms with Gasteiger partial charge >= 0.3 is 0 Å². The van der Waals surface area contributed by atoms with Crippen molar-refractivity contribution >= 4 is 5.96 Å². The summed E-state index contributed by atoms with van der Waals surface area (Å²) in [5.41, 5.74) is 1.40. The number of nitrogens with one attached hydrogen (secondary N) is 2. The molecule has 1 unspecified atom stereocenters. The van der Waals surface area contributed by atoms with Gasteiger partial charge < -0.3 is 10.6 Å². The lowest BCUT2D eigenvalue weighted by Crippen LogP contribution is -2.38. The Bertz CT molecular complexity index is 360. The van der Waals surface area contributed by atoms with Crippen LogP contribution in [0.25, 0.3) is 0 Å². The topological polar surface area (TPSA) is 36.4 Å². The van der Waals surface area contributed by atoms with E-state index in [1.807, 2.05) is 7.05 Å². The van der Waals surface area contributed by atoms with Crippen molar-refractivity contribution in [2.75, 3.05) is 20.1 Å². The van der Waals surface area contributed by atoms with E-state index >= 15 is 0 Å². The smallest absolute Gasteiger partial charge is 0.190 e. The Kier molecular flexibility index (Phi) is 7.71. The molecule has 0 radical (unpaired) electrons. The van der Waals surface area contributed by atoms with E-state index in [4.69, 9.17) is 0 Å². The summed E-state index contributed by atoms with van der Waals surface area (Å²) in [6.07, 6.45) is 3.49. The van der Waals surface area contributed by atoms with E-state index in [1.54, 1.807) is 0 Å². The zero-order chi connectivity index (χ0) is 13.9. The lowest BCUT2D eigenvalue weighted by Gasteiger charge is -2.15. The number of hydrogen-bond acceptors (Lipinski definition) is 1. The van der Waals surface area contributed by atoms with Crippen molar-refractivity contribution < 1.29 is 0 Å². The summed E-state index contributed by atoms with van der Waals surface area (Å²) in [7, 11) is 1.82. The molecule has 0 saturated heterocycles. The molecule has 0 aliphatic carbocycles. The molecule has 3 nitrogen and oxygen atoms in total. The SMILES string of the molecule is CCCCNC(=NC)NCCC(C)c1ccccc1. The summed E-state index contributed by atoms with van der Waals surface area (Å²) in [6.45, 7) is 6.40. The van der Waals surface area contributed by atoms with E-state index in [-0.39, 0.29) is 0 Å². The Morgan fingerprint density at radius 3 is 2.47 bits per heavy atom. The highest BCUT2D eigenvalue weighted by Gasteiger charge is 2.04. The van der Waals surface area contributed by atoms with Crippen LogP contribution in [0.5, 0.6) is 0 Å². The molecule has 0 amide bonds. The molecular weight excluding hydrogens is 234 g/mol. The van der Waals surface area contributed by atoms with E-state index in [0.29, 0.717) is 5.92 Å². The highest BCUT2D eigenvalue weighted by Crippen LogP contribution is 2.17. The molecule has 1 aromatic carbocycles. The van der Waals surface area contributed by atoms with Crippen LogP contribution in [0.2, 0.25) is 0 Å². The fourth-order valence-electron chi connectivity index (χ4n) is 1.96. The monoisotopic (exact) mass is 261 g/mol. The molecule has 0 aromatic heterocycles. The number of rotatable bonds is 7. The van der Waals surface area contributed by atoms with Gasteiger partial charge in [-0.1, -0.05) is 50.6 Å². The maximum atomic E-state index is 4.22. The van der Waals surface area contributed by atoms with Crippen molar-refractivity contribution in [2.45, 2.75) is 39.0 Å². The van der Waals surface area contributed by atoms with Gasteiger partial charge in [-0.2, -0.15) is 0 Å². The molecular formula is C16H27N3. The maximum absolute atomic E-state index is 4.22. The van der Waals surface area contributed by atoms with Gasteiger partial charge in [0.25, 0.3) is 0 Å². The first-order valence-corrected chi connectivity index (χ1v) is 7.27. The second kappa shape index (κ2) is 9.42. The Morgan fingerprint density at radius 1 is 1.16 bits per heavy atom. The van der Waals surface area contributed by atoms with Gasteiger partial charge in [-0.05, 0) is 24.3 Å². The summed E-state index contributed by atoms with van der Waals surface area (Å²) in [5, 5.41) is 6.69. The average molecular weight is 261 g/mol. The minimum atomic E-state index is 0.572. The Labute approximate surface area is 117 Å². The first kappa shape index (κ1) is 15.5. The van der Waals surface area contributed by atoms with Crippen molar-refractivity contribution in [3.05, 3.63) is 35.9 Å². The van der Waals surface area contributed by atoms with Gasteiger partial charge in [0.05, 0.1) is 0 Å². The van der Waals surface area contributed by atoms with E-state index in [2.05, 4.69) is 59.8 Å². The molecule has 1 atom stereocenters. The van der Waals surface area contributed by atoms with Crippen molar-refractivity contribution in [3.63, 3.8) is 0 Å². The second-order valence-corrected chi connectivity index (χ2v) is 4.88. The molecule has 0 spiro atoms. The number of aliphatic imine (C=N–C) groups is 1. The van der Waals surface area contributed by atoms with Crippen LogP contribution in [0.3, 0.4) is 0 Å². The molecule has 0 heterocycles. The molecule has 1 aromatic rings. The minimum Gasteiger partial charge on any atom is -0.356 e. The maximum Gasteiger partial charge on any atom is 0.190 e. The molecule has 0 aliphatic rings. The standard InChI is InChI=1S/C16H27N3/c1-4-5-12-18-16(17-3)19-13-11-14(2)15-9-7-6-8-10-15/h6-10,14H,4-5,11-13H2,1-3H3,(H2,17,18,19). The van der Waals surface area contributed by atoms with Crippen LogP contribution >= 0.6 is 0 Å². The molecule has 0 saturated carbocycles. The third-order valence-corrected chi connectivity index (χ3v) is 3.28. The van der Waals surface area contributed by atoms with Gasteiger partial charge in [0, 0.05) is 20.1 Å². The van der Waals surface area contributed by atoms with Crippen molar-refractivity contribution in [1.82, 2.24) is 10.6 Å². The highest BCUT2D eigenvalue weighted by atomic mass is 15.2. The Hall–Kier alpha value is -1.51. The van der Waals surface area contributed by atoms with Crippen LogP contribution in [0.4, 0.5) is 0 Å². The zero-order valence-electron chi connectivity index (χ0n) is 12.4. The lowest BCUT2D eigenvalue weighted by atomic mass is 9.98. The summed E-state index contributed by atoms with van der Waals surface area (Å²) in [5.74, 6) is 1.48. The average Bonchev–Trinajstić information content (AvgIpc) is 2.46. The van der Waals surface area contributed by atoms with Crippen molar-refractivity contribution in [1.29, 1.82) is 0 Å². The Morgan fingerprint density at radius 2 is 1.84 bits per heavy atom. The van der Waals surface area contributed by atoms with Crippen molar-refractivity contribution in [3.8, 4) is 0 Å². The van der Waals surface area contributed by atoms with Gasteiger partial charge in [0.2, 0.25) is 0 Å². The van der Waals surface area contributed by atoms with Crippen LogP contribution < -0.4 is 10.6 Å². The van der Waals surface area contributed by atoms with E-state index in [9.17, 15) is 0 Å². The van der Waals surface area contributed by atoms with Crippen LogP contribution in [0.1, 0.15) is 44.6 Å². The fourth-order valence-corrected chi connectivity index (χ4v) is 1.96. The molecule has 0 fully saturated rings. The van der Waals surface area contributed by atoms with Crippen LogP contribution in [0.15, 0.2) is 35.3 Å². The van der Waals surface area contributed by atoms with Gasteiger partial charge in [0.15, 0.2) is 5.96 Å². The molecule has 2 N–H and O–H groups in total. The second-order valence-electron chi connectivity index (χ2n) is 4.88. The molecule has 3 heteroatoms. The van der Waals surface area contributed by atoms with E-state index in [0.717, 1.165) is 25.5 Å². The van der Waals surface area contributed by atoms with E-state index < -0.39 is 0 Å². The van der Waals surface area contributed by atoms with E-state index in [1.165, 1.54) is 18.4 Å². The largest absolute Gasteiger partial charge is 0.356 e. The normalized spacial score (nSPS) is 13.1. The minimum absolute atomic E-state index is 0.572. The number of hydrogen-bond donors (Lipinski definition) is 2. The third-order valence-electron chi connectivity index (χ3n) is 3.28. The predicted octanol–water partition coefficient (Wildman–Crippen LogP) is 3.15. The summed E-state index contributed by atoms with van der Waals surface area (Å²) in [4.78, 5) is 4.22. The van der Waals surface area contributed by atoms with Crippen molar-refractivity contribution in [2.24, 2.45) is 4.99 Å². The van der Waals surface area contributed by atoms with Crippen LogP contribution in [0, 0.1) is 0 Å². The zero-order valence-corrected chi connectivity index (χ0v) is 12.4. The third kappa shape index (κ3) is 6.27. The number of guanidine groups is 1. The van der Waals surface area contributed by atoms with Crippen LogP contribution in [-0.2, 0) is 0 Å². The van der Waals surface area contributed by atoms with Gasteiger partial charge in [0.1, 0.15) is 0 Å². The fraction of sp³-hybridized carbons (Fsp3) is 0.562. The summed E-state index contributed by atoms with van der Waals surface area (Å²) >= 11 is 0. The molecule has 106 valence electrons. The molecule has 0 aliphatic heterocycles. The van der Waals surface area contributed by atoms with Crippen LogP contribution in [-0.4, -0.2) is 26.1 Å². The highest BCUT2D eigenvalue weighted by molar-refractivity contribution is 5.79. The predicted molar refractivity (Wildman–Crippen MR) is 83.7 cm³/mol. The first-order chi connectivity index (χ1) is 9.27. The number of benzene rings is 1. The van der Waals surface area contributed by atoms with Gasteiger partial charge in [-0.3, -0.25) is 4.99 Å². The van der Waals surface area contributed by atoms with Gasteiger partial charge in [-0.15, -0.1) is 0 Å². The summed E-state index contributed by atoms with van der Waals surface area (Å²) < 4.78 is 0. The molecule has 0 bridgehead atoms. The molecule has 19 heavy (non-hydrogen) atoms. The molecule has 1 rings (SSSR count). The number of nitrogens with zero attached hydrogens (tertiary/aromatic N) is 1. The first-order valence-electron chi connectivity index (χ1n) is 7.27.